The number of nitrogens with two attached hydrogens (primary N) is 1. The zero-order valence-electron chi connectivity index (χ0n) is 11.4. The van der Waals surface area contributed by atoms with Gasteiger partial charge in [0.05, 0.1) is 5.69 Å². The van der Waals surface area contributed by atoms with Crippen molar-refractivity contribution in [3.05, 3.63) is 66.8 Å². The van der Waals surface area contributed by atoms with Gasteiger partial charge in [0.15, 0.2) is 0 Å². The summed E-state index contributed by atoms with van der Waals surface area (Å²) < 4.78 is 0. The number of aromatic nitrogens is 1. The van der Waals surface area contributed by atoms with E-state index in [4.69, 9.17) is 5.73 Å². The highest BCUT2D eigenvalue weighted by Crippen LogP contribution is 2.16. The summed E-state index contributed by atoms with van der Waals surface area (Å²) in [5.74, 6) is 0. The molecule has 0 aliphatic rings. The van der Waals surface area contributed by atoms with E-state index in [-0.39, 0.29) is 0 Å². The lowest BCUT2D eigenvalue weighted by Crippen LogP contribution is -1.91. The largest absolute Gasteiger partial charge is 0.399 e. The van der Waals surface area contributed by atoms with E-state index in [2.05, 4.69) is 23.1 Å². The first-order valence-electron chi connectivity index (χ1n) is 5.97. The first-order chi connectivity index (χ1) is 9.04. The molecule has 0 atom stereocenters. The van der Waals surface area contributed by atoms with Crippen LogP contribution >= 0.6 is 0 Å². The Morgan fingerprint density at radius 3 is 2.58 bits per heavy atom. The van der Waals surface area contributed by atoms with Crippen molar-refractivity contribution in [2.75, 3.05) is 0 Å². The van der Waals surface area contributed by atoms with Gasteiger partial charge in [-0.1, -0.05) is 25.3 Å². The summed E-state index contributed by atoms with van der Waals surface area (Å²) in [7, 11) is 0. The molecule has 19 heavy (non-hydrogen) atoms. The van der Waals surface area contributed by atoms with E-state index in [9.17, 15) is 0 Å². The van der Waals surface area contributed by atoms with Crippen LogP contribution in [0, 0.1) is 0 Å². The van der Waals surface area contributed by atoms with Gasteiger partial charge in [0.25, 0.3) is 0 Å². The van der Waals surface area contributed by atoms with Crippen LogP contribution < -0.4 is 5.73 Å². The molecule has 3 heteroatoms. The molecular weight excluding hydrogens is 234 g/mol. The van der Waals surface area contributed by atoms with Crippen LogP contribution in [-0.4, -0.2) is 11.2 Å². The molecular formula is C16H19N3. The van der Waals surface area contributed by atoms with Crippen molar-refractivity contribution < 1.29 is 0 Å². The molecule has 1 heterocycles. The third kappa shape index (κ3) is 4.76. The predicted molar refractivity (Wildman–Crippen MR) is 83.6 cm³/mol. The summed E-state index contributed by atoms with van der Waals surface area (Å²) in [6, 6.07) is 3.92. The van der Waals surface area contributed by atoms with E-state index in [1.165, 1.54) is 0 Å². The van der Waals surface area contributed by atoms with Gasteiger partial charge in [-0.15, -0.1) is 0 Å². The van der Waals surface area contributed by atoms with Gasteiger partial charge < -0.3 is 5.73 Å². The molecule has 1 aromatic rings. The molecule has 0 radical (unpaired) electrons. The van der Waals surface area contributed by atoms with E-state index in [1.807, 2.05) is 38.4 Å². The van der Waals surface area contributed by atoms with Crippen molar-refractivity contribution in [3.63, 3.8) is 0 Å². The first kappa shape index (κ1) is 14.6. The molecule has 1 aromatic heterocycles. The Bertz CT molecular complexity index is 546. The first-order valence-corrected chi connectivity index (χ1v) is 5.97. The third-order valence-electron chi connectivity index (χ3n) is 2.46. The molecule has 0 spiro atoms. The Kier molecular flexibility index (Phi) is 5.48. The molecule has 98 valence electrons. The second kappa shape index (κ2) is 7.11. The fraction of sp³-hybridized carbons (Fsp3) is 0.125. The molecule has 1 rings (SSSR count). The molecule has 0 unspecified atom stereocenters. The van der Waals surface area contributed by atoms with E-state index < -0.39 is 0 Å². The van der Waals surface area contributed by atoms with Crippen molar-refractivity contribution >= 4 is 17.4 Å². The zero-order valence-corrected chi connectivity index (χ0v) is 11.4. The van der Waals surface area contributed by atoms with Crippen LogP contribution in [0.2, 0.25) is 0 Å². The molecule has 0 saturated carbocycles. The van der Waals surface area contributed by atoms with Crippen LogP contribution in [0.5, 0.6) is 0 Å². The van der Waals surface area contributed by atoms with E-state index in [0.717, 1.165) is 22.4 Å². The Balaban J connectivity index is 2.87. The normalized spacial score (nSPS) is 12.2. The molecule has 2 N–H and O–H groups in total. The van der Waals surface area contributed by atoms with Crippen molar-refractivity contribution in [2.24, 2.45) is 10.7 Å². The highest BCUT2D eigenvalue weighted by atomic mass is 14.7. The lowest BCUT2D eigenvalue weighted by Gasteiger charge is -2.03. The smallest absolute Gasteiger partial charge is 0.0696 e. The Morgan fingerprint density at radius 1 is 1.32 bits per heavy atom. The maximum Gasteiger partial charge on any atom is 0.0696 e. The van der Waals surface area contributed by atoms with Crippen LogP contribution in [0.25, 0.3) is 11.1 Å². The number of aliphatic imine (C=N–C) groups is 1. The Morgan fingerprint density at radius 2 is 2.05 bits per heavy atom. The van der Waals surface area contributed by atoms with Gasteiger partial charge in [-0.2, -0.15) is 0 Å². The van der Waals surface area contributed by atoms with Crippen LogP contribution in [0.4, 0.5) is 0 Å². The van der Waals surface area contributed by atoms with E-state index in [1.54, 1.807) is 18.4 Å². The molecule has 0 fully saturated rings. The summed E-state index contributed by atoms with van der Waals surface area (Å²) in [6.45, 7) is 11.4. The maximum absolute atomic E-state index is 5.47. The number of hydrogen-bond donors (Lipinski definition) is 1. The van der Waals surface area contributed by atoms with Crippen molar-refractivity contribution in [1.82, 2.24) is 4.98 Å². The molecule has 0 aromatic carbocycles. The van der Waals surface area contributed by atoms with Gasteiger partial charge in [0, 0.05) is 24.3 Å². The van der Waals surface area contributed by atoms with Crippen LogP contribution in [-0.2, 0) is 0 Å². The summed E-state index contributed by atoms with van der Waals surface area (Å²) >= 11 is 0. The molecule has 3 nitrogen and oxygen atoms in total. The second-order valence-corrected chi connectivity index (χ2v) is 4.08. The highest BCUT2D eigenvalue weighted by molar-refractivity contribution is 5.71. The lowest BCUT2D eigenvalue weighted by atomic mass is 10.1. The van der Waals surface area contributed by atoms with Gasteiger partial charge >= 0.3 is 0 Å². The second-order valence-electron chi connectivity index (χ2n) is 4.08. The zero-order chi connectivity index (χ0) is 14.3. The van der Waals surface area contributed by atoms with Crippen molar-refractivity contribution in [1.29, 1.82) is 0 Å². The fourth-order valence-electron chi connectivity index (χ4n) is 1.37. The number of rotatable bonds is 5. The minimum absolute atomic E-state index is 0.494. The number of allylic oxidation sites excluding steroid dienone is 4. The van der Waals surface area contributed by atoms with Crippen LogP contribution in [0.1, 0.15) is 25.1 Å². The monoisotopic (exact) mass is 253 g/mol. The molecule has 0 aliphatic heterocycles. The molecule has 0 saturated heterocycles. The predicted octanol–water partition coefficient (Wildman–Crippen LogP) is 3.57. The van der Waals surface area contributed by atoms with Gasteiger partial charge in [-0.25, -0.2) is 0 Å². The lowest BCUT2D eigenvalue weighted by molar-refractivity contribution is 1.26. The van der Waals surface area contributed by atoms with Crippen LogP contribution in [0.3, 0.4) is 0 Å². The quantitative estimate of drug-likeness (QED) is 0.644. The van der Waals surface area contributed by atoms with E-state index >= 15 is 0 Å². The minimum atomic E-state index is 0.494. The third-order valence-corrected chi connectivity index (χ3v) is 2.46. The van der Waals surface area contributed by atoms with Gasteiger partial charge in [-0.3, -0.25) is 9.98 Å². The highest BCUT2D eigenvalue weighted by Gasteiger charge is 1.99. The average Bonchev–Trinajstić information content (AvgIpc) is 2.42. The number of nitrogens with zero attached hydrogens (tertiary/aromatic N) is 2. The van der Waals surface area contributed by atoms with Gasteiger partial charge in [0.2, 0.25) is 0 Å². The van der Waals surface area contributed by atoms with Crippen molar-refractivity contribution in [2.45, 2.75) is 13.8 Å². The molecule has 0 bridgehead atoms. The Labute approximate surface area is 114 Å². The van der Waals surface area contributed by atoms with Gasteiger partial charge in [0.1, 0.15) is 0 Å². The van der Waals surface area contributed by atoms with E-state index in [0.29, 0.717) is 5.70 Å². The standard InChI is InChI=1S/C16H19N3/c1-5-18-10-13(3)15-8-9-16(19-11-15)12(2)6-7-14(4)17/h5-11H,2,4,17H2,1,3H3/b7-6-,13-10+,18-5?. The summed E-state index contributed by atoms with van der Waals surface area (Å²) in [5.41, 5.74) is 9.67. The van der Waals surface area contributed by atoms with Gasteiger partial charge in [-0.05, 0) is 42.7 Å². The van der Waals surface area contributed by atoms with Crippen molar-refractivity contribution in [3.8, 4) is 0 Å². The molecule has 0 aliphatic carbocycles. The summed E-state index contributed by atoms with van der Waals surface area (Å²) in [4.78, 5) is 8.46. The maximum atomic E-state index is 5.47. The SMILES string of the molecule is C=C(N)/C=C\C(=C)c1ccc(/C(C)=C/N=CC)cn1. The molecule has 0 amide bonds. The summed E-state index contributed by atoms with van der Waals surface area (Å²) in [6.07, 6.45) is 8.87. The fourth-order valence-corrected chi connectivity index (χ4v) is 1.37. The topological polar surface area (TPSA) is 51.3 Å². The average molecular weight is 253 g/mol. The van der Waals surface area contributed by atoms with Crippen LogP contribution in [0.15, 0.2) is 60.5 Å². The number of hydrogen-bond acceptors (Lipinski definition) is 3. The summed E-state index contributed by atoms with van der Waals surface area (Å²) in [5, 5.41) is 0. The number of pyridine rings is 1. The minimum Gasteiger partial charge on any atom is -0.399 e. The Hall–Kier alpha value is -2.42.